The van der Waals surface area contributed by atoms with Gasteiger partial charge in [0.2, 0.25) is 0 Å². The standard InChI is InChI=1S/C11H19N5/c1-10(4-6-12)15(2)7-3-8-16-9-5-11(13)14-16/h5,9-10H,3-4,7-8H2,1-2H3,(H2,13,14). The first-order valence-corrected chi connectivity index (χ1v) is 5.49. The van der Waals surface area contributed by atoms with Crippen LogP contribution in [0.2, 0.25) is 0 Å². The van der Waals surface area contributed by atoms with E-state index in [1.165, 1.54) is 0 Å². The van der Waals surface area contributed by atoms with Gasteiger partial charge in [-0.2, -0.15) is 10.4 Å². The Hall–Kier alpha value is -1.54. The predicted octanol–water partition coefficient (Wildman–Crippen LogP) is 1.09. The van der Waals surface area contributed by atoms with Crippen molar-refractivity contribution >= 4 is 5.82 Å². The molecule has 0 saturated heterocycles. The molecule has 0 fully saturated rings. The number of anilines is 1. The summed E-state index contributed by atoms with van der Waals surface area (Å²) in [5.41, 5.74) is 5.52. The number of nitrogens with zero attached hydrogens (tertiary/aromatic N) is 4. The van der Waals surface area contributed by atoms with E-state index in [0.29, 0.717) is 18.3 Å². The van der Waals surface area contributed by atoms with Gasteiger partial charge >= 0.3 is 0 Å². The van der Waals surface area contributed by atoms with E-state index in [2.05, 4.69) is 23.0 Å². The Morgan fingerprint density at radius 2 is 2.44 bits per heavy atom. The third-order valence-corrected chi connectivity index (χ3v) is 2.70. The molecule has 1 aromatic heterocycles. The number of nitrogens with two attached hydrogens (primary N) is 1. The van der Waals surface area contributed by atoms with Crippen LogP contribution in [0, 0.1) is 11.3 Å². The average molecular weight is 221 g/mol. The van der Waals surface area contributed by atoms with E-state index in [1.807, 2.05) is 17.9 Å². The molecule has 1 unspecified atom stereocenters. The van der Waals surface area contributed by atoms with E-state index < -0.39 is 0 Å². The lowest BCUT2D eigenvalue weighted by atomic mass is 10.2. The number of hydrogen-bond acceptors (Lipinski definition) is 4. The molecule has 1 atom stereocenters. The van der Waals surface area contributed by atoms with Crippen molar-refractivity contribution in [2.75, 3.05) is 19.3 Å². The first kappa shape index (κ1) is 12.5. The van der Waals surface area contributed by atoms with Gasteiger partial charge in [-0.05, 0) is 33.0 Å². The first-order chi connectivity index (χ1) is 7.63. The van der Waals surface area contributed by atoms with Crippen LogP contribution in [0.25, 0.3) is 0 Å². The Morgan fingerprint density at radius 3 is 3.00 bits per heavy atom. The molecular formula is C11H19N5. The van der Waals surface area contributed by atoms with Gasteiger partial charge in [0, 0.05) is 18.8 Å². The molecule has 2 N–H and O–H groups in total. The minimum absolute atomic E-state index is 0.313. The van der Waals surface area contributed by atoms with Gasteiger partial charge in [-0.1, -0.05) is 0 Å². The molecule has 88 valence electrons. The summed E-state index contributed by atoms with van der Waals surface area (Å²) in [6, 6.07) is 4.29. The van der Waals surface area contributed by atoms with Crippen molar-refractivity contribution in [1.82, 2.24) is 14.7 Å². The summed E-state index contributed by atoms with van der Waals surface area (Å²) in [6.07, 6.45) is 3.46. The van der Waals surface area contributed by atoms with Crippen molar-refractivity contribution in [3.63, 3.8) is 0 Å². The fourth-order valence-corrected chi connectivity index (χ4v) is 1.49. The fraction of sp³-hybridized carbons (Fsp3) is 0.636. The summed E-state index contributed by atoms with van der Waals surface area (Å²) < 4.78 is 1.85. The van der Waals surface area contributed by atoms with Gasteiger partial charge in [0.15, 0.2) is 0 Å². The Balaban J connectivity index is 2.23. The second kappa shape index (κ2) is 6.13. The van der Waals surface area contributed by atoms with Crippen LogP contribution in [0.5, 0.6) is 0 Å². The van der Waals surface area contributed by atoms with E-state index in [4.69, 9.17) is 11.0 Å². The molecule has 0 aliphatic carbocycles. The zero-order valence-electron chi connectivity index (χ0n) is 9.93. The van der Waals surface area contributed by atoms with Crippen molar-refractivity contribution in [2.45, 2.75) is 32.4 Å². The normalized spacial score (nSPS) is 12.6. The van der Waals surface area contributed by atoms with Crippen molar-refractivity contribution in [2.24, 2.45) is 0 Å². The zero-order valence-corrected chi connectivity index (χ0v) is 9.93. The molecule has 0 spiro atoms. The second-order valence-corrected chi connectivity index (χ2v) is 4.05. The van der Waals surface area contributed by atoms with Crippen molar-refractivity contribution in [1.29, 1.82) is 5.26 Å². The zero-order chi connectivity index (χ0) is 12.0. The molecule has 0 aromatic carbocycles. The minimum Gasteiger partial charge on any atom is -0.382 e. The van der Waals surface area contributed by atoms with Crippen LogP contribution in [-0.4, -0.2) is 34.3 Å². The molecule has 0 aliphatic heterocycles. The van der Waals surface area contributed by atoms with Crippen molar-refractivity contribution in [3.05, 3.63) is 12.3 Å². The van der Waals surface area contributed by atoms with Gasteiger partial charge < -0.3 is 10.6 Å². The molecular weight excluding hydrogens is 202 g/mol. The third-order valence-electron chi connectivity index (χ3n) is 2.70. The van der Waals surface area contributed by atoms with E-state index in [1.54, 1.807) is 6.07 Å². The smallest absolute Gasteiger partial charge is 0.145 e. The largest absolute Gasteiger partial charge is 0.382 e. The van der Waals surface area contributed by atoms with Gasteiger partial charge in [-0.25, -0.2) is 0 Å². The predicted molar refractivity (Wildman–Crippen MR) is 63.6 cm³/mol. The Bertz CT molecular complexity index is 352. The fourth-order valence-electron chi connectivity index (χ4n) is 1.49. The van der Waals surface area contributed by atoms with E-state index in [9.17, 15) is 0 Å². The van der Waals surface area contributed by atoms with Gasteiger partial charge in [0.05, 0.1) is 12.5 Å². The highest BCUT2D eigenvalue weighted by Gasteiger charge is 2.07. The minimum atomic E-state index is 0.313. The van der Waals surface area contributed by atoms with E-state index in [0.717, 1.165) is 19.5 Å². The summed E-state index contributed by atoms with van der Waals surface area (Å²) in [7, 11) is 2.04. The van der Waals surface area contributed by atoms with Gasteiger partial charge in [0.25, 0.3) is 0 Å². The lowest BCUT2D eigenvalue weighted by molar-refractivity contribution is 0.251. The van der Waals surface area contributed by atoms with Gasteiger partial charge in [-0.3, -0.25) is 4.68 Å². The molecule has 0 saturated carbocycles. The van der Waals surface area contributed by atoms with Crippen LogP contribution in [-0.2, 0) is 6.54 Å². The monoisotopic (exact) mass is 221 g/mol. The molecule has 0 aliphatic rings. The number of rotatable bonds is 6. The summed E-state index contributed by atoms with van der Waals surface area (Å²) in [5.74, 6) is 0.561. The van der Waals surface area contributed by atoms with Crippen LogP contribution in [0.4, 0.5) is 5.82 Å². The molecule has 0 amide bonds. The number of aryl methyl sites for hydroxylation is 1. The maximum atomic E-state index is 8.59. The van der Waals surface area contributed by atoms with Crippen LogP contribution < -0.4 is 5.73 Å². The molecule has 1 rings (SSSR count). The molecule has 1 aromatic rings. The number of hydrogen-bond donors (Lipinski definition) is 1. The quantitative estimate of drug-likeness (QED) is 0.780. The number of aromatic nitrogens is 2. The van der Waals surface area contributed by atoms with E-state index >= 15 is 0 Å². The summed E-state index contributed by atoms with van der Waals surface area (Å²) >= 11 is 0. The molecule has 1 heterocycles. The molecule has 5 heteroatoms. The highest BCUT2D eigenvalue weighted by atomic mass is 15.3. The number of nitrogen functional groups attached to an aromatic ring is 1. The highest BCUT2D eigenvalue weighted by molar-refractivity contribution is 5.23. The topological polar surface area (TPSA) is 70.9 Å². The lowest BCUT2D eigenvalue weighted by Crippen LogP contribution is -2.30. The van der Waals surface area contributed by atoms with Crippen LogP contribution in [0.1, 0.15) is 19.8 Å². The molecule has 5 nitrogen and oxygen atoms in total. The van der Waals surface area contributed by atoms with Crippen molar-refractivity contribution in [3.8, 4) is 6.07 Å². The number of nitriles is 1. The summed E-state index contributed by atoms with van der Waals surface area (Å²) in [5, 5.41) is 12.7. The average Bonchev–Trinajstić information content (AvgIpc) is 2.64. The molecule has 0 radical (unpaired) electrons. The van der Waals surface area contributed by atoms with Gasteiger partial charge in [0.1, 0.15) is 5.82 Å². The second-order valence-electron chi connectivity index (χ2n) is 4.05. The summed E-state index contributed by atoms with van der Waals surface area (Å²) in [6.45, 7) is 3.89. The Morgan fingerprint density at radius 1 is 1.69 bits per heavy atom. The summed E-state index contributed by atoms with van der Waals surface area (Å²) in [4.78, 5) is 2.19. The third kappa shape index (κ3) is 3.91. The Labute approximate surface area is 96.5 Å². The maximum absolute atomic E-state index is 8.59. The Kier molecular flexibility index (Phi) is 4.80. The highest BCUT2D eigenvalue weighted by Crippen LogP contribution is 2.02. The molecule has 0 bridgehead atoms. The van der Waals surface area contributed by atoms with E-state index in [-0.39, 0.29) is 0 Å². The molecule has 16 heavy (non-hydrogen) atoms. The van der Waals surface area contributed by atoms with Crippen LogP contribution in [0.15, 0.2) is 12.3 Å². The lowest BCUT2D eigenvalue weighted by Gasteiger charge is -2.22. The van der Waals surface area contributed by atoms with Crippen LogP contribution >= 0.6 is 0 Å². The van der Waals surface area contributed by atoms with Crippen molar-refractivity contribution < 1.29 is 0 Å². The SMILES string of the molecule is CC(CC#N)N(C)CCCn1ccc(N)n1. The maximum Gasteiger partial charge on any atom is 0.145 e. The first-order valence-electron chi connectivity index (χ1n) is 5.49. The van der Waals surface area contributed by atoms with Crippen LogP contribution in [0.3, 0.4) is 0 Å². The van der Waals surface area contributed by atoms with Gasteiger partial charge in [-0.15, -0.1) is 0 Å².